The highest BCUT2D eigenvalue weighted by Crippen LogP contribution is 2.27. The van der Waals surface area contributed by atoms with Crippen molar-refractivity contribution in [3.8, 4) is 11.5 Å². The van der Waals surface area contributed by atoms with Crippen molar-refractivity contribution in [3.63, 3.8) is 0 Å². The molecule has 2 rings (SSSR count). The third-order valence-electron chi connectivity index (χ3n) is 3.90. The molecule has 0 amide bonds. The maximum absolute atomic E-state index is 5.62. The Hall–Kier alpha value is -2.21. The van der Waals surface area contributed by atoms with Crippen LogP contribution in [0.25, 0.3) is 0 Å². The molecule has 2 aromatic rings. The second-order valence-electron chi connectivity index (χ2n) is 5.68. The molecular weight excluding hydrogens is 334 g/mol. The Kier molecular flexibility index (Phi) is 7.60. The molecule has 0 spiro atoms. The fourth-order valence-electron chi connectivity index (χ4n) is 2.43. The number of hydrogen-bond acceptors (Lipinski definition) is 4. The van der Waals surface area contributed by atoms with Crippen LogP contribution in [-0.2, 0) is 6.54 Å². The first-order chi connectivity index (χ1) is 12.2. The van der Waals surface area contributed by atoms with Crippen molar-refractivity contribution >= 4 is 17.3 Å². The maximum Gasteiger partial charge on any atom is 0.191 e. The Bertz CT molecular complexity index is 671. The normalized spacial score (nSPS) is 12.6. The Labute approximate surface area is 154 Å². The third kappa shape index (κ3) is 5.67. The first-order valence-electron chi connectivity index (χ1n) is 8.44. The number of hydrogen-bond donors (Lipinski definition) is 2. The van der Waals surface area contributed by atoms with Gasteiger partial charge in [-0.3, -0.25) is 4.99 Å². The molecule has 0 bridgehead atoms. The zero-order chi connectivity index (χ0) is 18.1. The number of rotatable bonds is 8. The highest BCUT2D eigenvalue weighted by Gasteiger charge is 2.08. The van der Waals surface area contributed by atoms with Crippen LogP contribution in [0.5, 0.6) is 11.5 Å². The van der Waals surface area contributed by atoms with E-state index in [4.69, 9.17) is 9.47 Å². The first kappa shape index (κ1) is 19.1. The number of nitrogens with zero attached hydrogens (tertiary/aromatic N) is 1. The third-order valence-corrected chi connectivity index (χ3v) is 4.60. The van der Waals surface area contributed by atoms with E-state index in [2.05, 4.69) is 39.4 Å². The Morgan fingerprint density at radius 2 is 2.08 bits per heavy atom. The molecule has 1 atom stereocenters. The molecule has 136 valence electrons. The molecule has 5 nitrogen and oxygen atoms in total. The van der Waals surface area contributed by atoms with Gasteiger partial charge in [-0.1, -0.05) is 13.0 Å². The van der Waals surface area contributed by atoms with E-state index in [9.17, 15) is 0 Å². The van der Waals surface area contributed by atoms with Crippen molar-refractivity contribution < 1.29 is 9.47 Å². The van der Waals surface area contributed by atoms with Crippen molar-refractivity contribution in [1.82, 2.24) is 10.6 Å². The molecule has 6 heteroatoms. The topological polar surface area (TPSA) is 54.9 Å². The molecule has 1 aromatic carbocycles. The average Bonchev–Trinajstić information content (AvgIpc) is 3.17. The largest absolute Gasteiger partial charge is 0.493 e. The number of methoxy groups -OCH3 is 1. The molecule has 2 N–H and O–H groups in total. The molecule has 0 aliphatic carbocycles. The van der Waals surface area contributed by atoms with Crippen molar-refractivity contribution in [2.24, 2.45) is 4.99 Å². The first-order valence-corrected chi connectivity index (χ1v) is 9.38. The van der Waals surface area contributed by atoms with Gasteiger partial charge in [0, 0.05) is 20.1 Å². The van der Waals surface area contributed by atoms with Crippen LogP contribution in [-0.4, -0.2) is 33.3 Å². The van der Waals surface area contributed by atoms with Gasteiger partial charge in [0.05, 0.1) is 13.7 Å². The summed E-state index contributed by atoms with van der Waals surface area (Å²) in [5.74, 6) is 2.74. The monoisotopic (exact) mass is 361 g/mol. The van der Waals surface area contributed by atoms with Crippen molar-refractivity contribution in [3.05, 3.63) is 46.2 Å². The minimum atomic E-state index is 0.440. The molecule has 1 aromatic heterocycles. The minimum Gasteiger partial charge on any atom is -0.493 e. The molecule has 25 heavy (non-hydrogen) atoms. The van der Waals surface area contributed by atoms with Gasteiger partial charge in [0.25, 0.3) is 0 Å². The quantitative estimate of drug-likeness (QED) is 0.557. The van der Waals surface area contributed by atoms with Gasteiger partial charge >= 0.3 is 0 Å². The average molecular weight is 362 g/mol. The van der Waals surface area contributed by atoms with E-state index in [0.717, 1.165) is 29.6 Å². The molecule has 0 fully saturated rings. The smallest absolute Gasteiger partial charge is 0.191 e. The van der Waals surface area contributed by atoms with E-state index < -0.39 is 0 Å². The van der Waals surface area contributed by atoms with Gasteiger partial charge in [0.1, 0.15) is 0 Å². The second kappa shape index (κ2) is 9.93. The van der Waals surface area contributed by atoms with Crippen molar-refractivity contribution in [1.29, 1.82) is 0 Å². The van der Waals surface area contributed by atoms with Crippen molar-refractivity contribution in [2.75, 3.05) is 27.3 Å². The van der Waals surface area contributed by atoms with Gasteiger partial charge in [-0.25, -0.2) is 0 Å². The van der Waals surface area contributed by atoms with Crippen LogP contribution in [0.15, 0.2) is 40.0 Å². The Morgan fingerprint density at radius 3 is 2.72 bits per heavy atom. The number of ether oxygens (including phenoxy) is 2. The summed E-state index contributed by atoms with van der Waals surface area (Å²) in [6.45, 7) is 6.28. The highest BCUT2D eigenvalue weighted by atomic mass is 32.1. The number of benzene rings is 1. The maximum atomic E-state index is 5.62. The Morgan fingerprint density at radius 1 is 1.24 bits per heavy atom. The van der Waals surface area contributed by atoms with Crippen LogP contribution < -0.4 is 20.1 Å². The minimum absolute atomic E-state index is 0.440. The van der Waals surface area contributed by atoms with E-state index in [1.807, 2.05) is 25.1 Å². The summed E-state index contributed by atoms with van der Waals surface area (Å²) in [5.41, 5.74) is 2.46. The zero-order valence-electron chi connectivity index (χ0n) is 15.3. The molecule has 0 saturated carbocycles. The molecule has 1 unspecified atom stereocenters. The summed E-state index contributed by atoms with van der Waals surface area (Å²) >= 11 is 1.73. The van der Waals surface area contributed by atoms with Crippen LogP contribution in [0.3, 0.4) is 0 Å². The molecular formula is C19H27N3O2S. The lowest BCUT2D eigenvalue weighted by atomic mass is 10.1. The van der Waals surface area contributed by atoms with Crippen LogP contribution >= 0.6 is 11.3 Å². The molecule has 0 aliphatic rings. The standard InChI is InChI=1S/C19H27N3O2S/c1-5-24-18-10-15(6-7-17(18)23-4)12-22-19(20-3)21-11-14(2)16-8-9-25-13-16/h6-10,13-14H,5,11-12H2,1-4H3,(H2,20,21,22). The summed E-state index contributed by atoms with van der Waals surface area (Å²) in [7, 11) is 3.43. The summed E-state index contributed by atoms with van der Waals surface area (Å²) in [5, 5.41) is 11.0. The van der Waals surface area contributed by atoms with Crippen LogP contribution in [0.4, 0.5) is 0 Å². The number of guanidine groups is 1. The Balaban J connectivity index is 1.89. The molecule has 1 heterocycles. The van der Waals surface area contributed by atoms with Gasteiger partial charge in [-0.15, -0.1) is 0 Å². The van der Waals surface area contributed by atoms with E-state index in [1.165, 1.54) is 5.56 Å². The summed E-state index contributed by atoms with van der Waals surface area (Å²) in [6, 6.07) is 8.11. The highest BCUT2D eigenvalue weighted by molar-refractivity contribution is 7.07. The van der Waals surface area contributed by atoms with E-state index in [1.54, 1.807) is 25.5 Å². The molecule has 0 radical (unpaired) electrons. The predicted molar refractivity (Wildman–Crippen MR) is 105 cm³/mol. The number of nitrogens with one attached hydrogen (secondary N) is 2. The van der Waals surface area contributed by atoms with Crippen LogP contribution in [0, 0.1) is 0 Å². The van der Waals surface area contributed by atoms with Gasteiger partial charge in [0.15, 0.2) is 17.5 Å². The van der Waals surface area contributed by atoms with Crippen molar-refractivity contribution in [2.45, 2.75) is 26.3 Å². The van der Waals surface area contributed by atoms with Gasteiger partial charge in [0.2, 0.25) is 0 Å². The lowest BCUT2D eigenvalue weighted by Gasteiger charge is -2.16. The lowest BCUT2D eigenvalue weighted by Crippen LogP contribution is -2.38. The summed E-state index contributed by atoms with van der Waals surface area (Å²) in [6.07, 6.45) is 0. The van der Waals surface area contributed by atoms with E-state index in [0.29, 0.717) is 19.1 Å². The second-order valence-corrected chi connectivity index (χ2v) is 6.46. The fourth-order valence-corrected chi connectivity index (χ4v) is 3.21. The van der Waals surface area contributed by atoms with Gasteiger partial charge < -0.3 is 20.1 Å². The number of thiophene rings is 1. The lowest BCUT2D eigenvalue weighted by molar-refractivity contribution is 0.310. The predicted octanol–water partition coefficient (Wildman–Crippen LogP) is 3.62. The molecule has 0 aliphatic heterocycles. The molecule has 0 saturated heterocycles. The van der Waals surface area contributed by atoms with Crippen LogP contribution in [0.2, 0.25) is 0 Å². The SMILES string of the molecule is CCOc1cc(CNC(=NC)NCC(C)c2ccsc2)ccc1OC. The fraction of sp³-hybridized carbons (Fsp3) is 0.421. The summed E-state index contributed by atoms with van der Waals surface area (Å²) in [4.78, 5) is 4.29. The van der Waals surface area contributed by atoms with E-state index >= 15 is 0 Å². The summed E-state index contributed by atoms with van der Waals surface area (Å²) < 4.78 is 10.9. The van der Waals surface area contributed by atoms with E-state index in [-0.39, 0.29) is 0 Å². The zero-order valence-corrected chi connectivity index (χ0v) is 16.2. The number of aliphatic imine (C=N–C) groups is 1. The van der Waals surface area contributed by atoms with Gasteiger partial charge in [-0.2, -0.15) is 11.3 Å². The van der Waals surface area contributed by atoms with Crippen LogP contribution in [0.1, 0.15) is 30.9 Å². The van der Waals surface area contributed by atoms with Gasteiger partial charge in [-0.05, 0) is 52.9 Å².